The number of thioether (sulfide) groups is 1. The van der Waals surface area contributed by atoms with Gasteiger partial charge in [-0.3, -0.25) is 4.79 Å². The number of amides is 1. The lowest BCUT2D eigenvalue weighted by Gasteiger charge is -2.36. The molecule has 9 heteroatoms. The number of piperazine rings is 1. The summed E-state index contributed by atoms with van der Waals surface area (Å²) in [5.74, 6) is 0.612. The summed E-state index contributed by atoms with van der Waals surface area (Å²) in [6, 6.07) is 14.3. The molecule has 1 heterocycles. The zero-order chi connectivity index (χ0) is 23.4. The number of hydrogen-bond acceptors (Lipinski definition) is 5. The summed E-state index contributed by atoms with van der Waals surface area (Å²) in [7, 11) is 0. The van der Waals surface area contributed by atoms with Crippen LogP contribution >= 0.6 is 11.8 Å². The van der Waals surface area contributed by atoms with Gasteiger partial charge in [0.1, 0.15) is 0 Å². The number of hydrogen-bond donors (Lipinski definition) is 2. The summed E-state index contributed by atoms with van der Waals surface area (Å²) < 4.78 is 39.3. The van der Waals surface area contributed by atoms with Gasteiger partial charge in [-0.25, -0.2) is 0 Å². The summed E-state index contributed by atoms with van der Waals surface area (Å²) in [4.78, 5) is 16.9. The summed E-state index contributed by atoms with van der Waals surface area (Å²) in [6.07, 6.45) is -1.83. The van der Waals surface area contributed by atoms with E-state index in [2.05, 4.69) is 22.3 Å². The molecule has 5 nitrogen and oxygen atoms in total. The van der Waals surface area contributed by atoms with Gasteiger partial charge < -0.3 is 20.9 Å². The first-order chi connectivity index (χ1) is 15.8. The van der Waals surface area contributed by atoms with Gasteiger partial charge in [-0.2, -0.15) is 13.2 Å². The predicted molar refractivity (Wildman–Crippen MR) is 129 cm³/mol. The van der Waals surface area contributed by atoms with Crippen molar-refractivity contribution in [3.63, 3.8) is 0 Å². The van der Waals surface area contributed by atoms with Crippen molar-refractivity contribution < 1.29 is 18.0 Å². The molecule has 1 aliphatic carbocycles. The molecule has 1 saturated carbocycles. The second-order valence-electron chi connectivity index (χ2n) is 8.59. The maximum atomic E-state index is 13.1. The maximum absolute atomic E-state index is 13.1. The van der Waals surface area contributed by atoms with Gasteiger partial charge in [0.2, 0.25) is 5.91 Å². The molecular formula is C24H29F3N4OS. The van der Waals surface area contributed by atoms with Crippen LogP contribution in [0.5, 0.6) is 0 Å². The number of alkyl halides is 3. The van der Waals surface area contributed by atoms with Crippen LogP contribution in [0.3, 0.4) is 0 Å². The second-order valence-corrected chi connectivity index (χ2v) is 9.88. The van der Waals surface area contributed by atoms with E-state index in [1.807, 2.05) is 23.1 Å². The molecule has 1 aliphatic heterocycles. The first-order valence-electron chi connectivity index (χ1n) is 11.2. The highest BCUT2D eigenvalue weighted by molar-refractivity contribution is 8.00. The van der Waals surface area contributed by atoms with Crippen LogP contribution in [-0.4, -0.2) is 54.0 Å². The molecule has 2 aliphatic rings. The van der Waals surface area contributed by atoms with Crippen LogP contribution in [-0.2, 0) is 11.0 Å². The van der Waals surface area contributed by atoms with E-state index in [0.29, 0.717) is 16.7 Å². The lowest BCUT2D eigenvalue weighted by atomic mass is 10.1. The average molecular weight is 479 g/mol. The van der Waals surface area contributed by atoms with Crippen LogP contribution in [0.2, 0.25) is 0 Å². The van der Waals surface area contributed by atoms with Gasteiger partial charge in [0.25, 0.3) is 0 Å². The van der Waals surface area contributed by atoms with Gasteiger partial charge in [-0.1, -0.05) is 18.2 Å². The van der Waals surface area contributed by atoms with E-state index in [9.17, 15) is 18.0 Å². The number of carbonyl (C=O) groups is 1. The molecule has 3 N–H and O–H groups in total. The van der Waals surface area contributed by atoms with Crippen LogP contribution in [0, 0.1) is 0 Å². The smallest absolute Gasteiger partial charge is 0.398 e. The predicted octanol–water partition coefficient (Wildman–Crippen LogP) is 4.70. The lowest BCUT2D eigenvalue weighted by molar-refractivity contribution is -0.136. The Balaban J connectivity index is 1.21. The van der Waals surface area contributed by atoms with Crippen LogP contribution in [0.15, 0.2) is 48.5 Å². The molecule has 4 rings (SSSR count). The van der Waals surface area contributed by atoms with Crippen molar-refractivity contribution in [3.8, 4) is 0 Å². The van der Waals surface area contributed by atoms with E-state index in [4.69, 9.17) is 5.73 Å². The minimum Gasteiger partial charge on any atom is -0.398 e. The molecule has 0 unspecified atom stereocenters. The number of anilines is 3. The van der Waals surface area contributed by atoms with E-state index in [1.54, 1.807) is 17.8 Å². The van der Waals surface area contributed by atoms with Gasteiger partial charge in [-0.15, -0.1) is 11.8 Å². The van der Waals surface area contributed by atoms with Crippen LogP contribution in [0.25, 0.3) is 0 Å². The number of carbonyl (C=O) groups excluding carboxylic acids is 1. The molecule has 2 aromatic rings. The Bertz CT molecular complexity index is 948. The minimum absolute atomic E-state index is 0.0942. The quantitative estimate of drug-likeness (QED) is 0.590. The molecule has 0 aromatic heterocycles. The molecule has 0 bridgehead atoms. The molecule has 0 radical (unpaired) electrons. The molecule has 0 spiro atoms. The average Bonchev–Trinajstić information content (AvgIpc) is 3.26. The number of benzene rings is 2. The topological polar surface area (TPSA) is 61.6 Å². The van der Waals surface area contributed by atoms with Crippen molar-refractivity contribution in [2.45, 2.75) is 36.7 Å². The van der Waals surface area contributed by atoms with Crippen molar-refractivity contribution in [1.29, 1.82) is 0 Å². The third-order valence-electron chi connectivity index (χ3n) is 6.31. The molecule has 1 amide bonds. The van der Waals surface area contributed by atoms with Crippen LogP contribution in [0.4, 0.5) is 30.2 Å². The molecule has 2 fully saturated rings. The molecule has 178 valence electrons. The van der Waals surface area contributed by atoms with Crippen molar-refractivity contribution in [2.75, 3.05) is 47.9 Å². The largest absolute Gasteiger partial charge is 0.418 e. The second kappa shape index (κ2) is 10.2. The number of nitrogen functional groups attached to an aromatic ring is 1. The van der Waals surface area contributed by atoms with Gasteiger partial charge in [0.05, 0.1) is 11.3 Å². The lowest BCUT2D eigenvalue weighted by Crippen LogP contribution is -2.49. The summed E-state index contributed by atoms with van der Waals surface area (Å²) in [6.45, 7) is 3.11. The highest BCUT2D eigenvalue weighted by Gasteiger charge is 2.34. The fourth-order valence-electron chi connectivity index (χ4n) is 4.48. The Morgan fingerprint density at radius 1 is 1.06 bits per heavy atom. The summed E-state index contributed by atoms with van der Waals surface area (Å²) in [5.41, 5.74) is 6.02. The third kappa shape index (κ3) is 6.07. The minimum atomic E-state index is -4.47. The molecular weight excluding hydrogens is 449 g/mol. The zero-order valence-corrected chi connectivity index (χ0v) is 19.2. The number of nitrogens with two attached hydrogens (primary N) is 1. The van der Waals surface area contributed by atoms with E-state index >= 15 is 0 Å². The van der Waals surface area contributed by atoms with E-state index in [1.165, 1.54) is 11.8 Å². The van der Waals surface area contributed by atoms with Crippen molar-refractivity contribution in [2.24, 2.45) is 0 Å². The number of rotatable bonds is 6. The Morgan fingerprint density at radius 2 is 1.79 bits per heavy atom. The van der Waals surface area contributed by atoms with Crippen molar-refractivity contribution >= 4 is 34.7 Å². The Kier molecular flexibility index (Phi) is 7.26. The number of halogens is 3. The fraction of sp³-hybridized carbons (Fsp3) is 0.458. The number of nitrogens with one attached hydrogen (secondary N) is 1. The Morgan fingerprint density at radius 3 is 2.48 bits per heavy atom. The fourth-order valence-corrected chi connectivity index (χ4v) is 5.72. The first kappa shape index (κ1) is 23.6. The summed E-state index contributed by atoms with van der Waals surface area (Å²) >= 11 is 1.66. The highest BCUT2D eigenvalue weighted by atomic mass is 32.2. The van der Waals surface area contributed by atoms with Gasteiger partial charge >= 0.3 is 6.18 Å². The molecule has 2 atom stereocenters. The van der Waals surface area contributed by atoms with Crippen LogP contribution in [0.1, 0.15) is 24.8 Å². The maximum Gasteiger partial charge on any atom is 0.418 e. The molecule has 1 saturated heterocycles. The van der Waals surface area contributed by atoms with Crippen molar-refractivity contribution in [1.82, 2.24) is 4.90 Å². The molecule has 2 aromatic carbocycles. The van der Waals surface area contributed by atoms with Gasteiger partial charge in [0.15, 0.2) is 0 Å². The van der Waals surface area contributed by atoms with Crippen molar-refractivity contribution in [3.05, 3.63) is 54.1 Å². The van der Waals surface area contributed by atoms with E-state index in [0.717, 1.165) is 51.5 Å². The van der Waals surface area contributed by atoms with E-state index in [-0.39, 0.29) is 17.6 Å². The monoisotopic (exact) mass is 478 g/mol. The highest BCUT2D eigenvalue weighted by Crippen LogP contribution is 2.37. The standard InChI is InChI=1S/C24H29F3N4OS/c25-24(26,27)21-15-18(7-9-22(21)28)29-17-6-8-20(14-17)33-16-23(32)31-12-10-30(11-13-31)19-4-2-1-3-5-19/h1-5,7,9,15,17,20,29H,6,8,10-14,16,28H2/t17-,20-/m1/s1. The van der Waals surface area contributed by atoms with E-state index < -0.39 is 11.7 Å². The number of para-hydroxylation sites is 1. The Hall–Kier alpha value is -2.55. The van der Waals surface area contributed by atoms with Gasteiger partial charge in [-0.05, 0) is 49.6 Å². The molecule has 33 heavy (non-hydrogen) atoms. The normalized spacial score (nSPS) is 21.3. The van der Waals surface area contributed by atoms with Crippen LogP contribution < -0.4 is 16.0 Å². The Labute approximate surface area is 196 Å². The first-order valence-corrected chi connectivity index (χ1v) is 12.3. The zero-order valence-electron chi connectivity index (χ0n) is 18.4. The van der Waals surface area contributed by atoms with Gasteiger partial charge in [0, 0.05) is 54.5 Å². The third-order valence-corrected chi connectivity index (χ3v) is 7.62. The SMILES string of the molecule is Nc1ccc(N[C@@H]2CC[C@@H](SCC(=O)N3CCN(c4ccccc4)CC3)C2)cc1C(F)(F)F. The summed E-state index contributed by atoms with van der Waals surface area (Å²) in [5, 5.41) is 3.54. The number of nitrogens with zero attached hydrogens (tertiary/aromatic N) is 2.